The number of esters is 1. The summed E-state index contributed by atoms with van der Waals surface area (Å²) < 4.78 is 4.61. The normalized spacial score (nSPS) is 10.1. The lowest BCUT2D eigenvalue weighted by atomic mass is 10.0. The number of rotatable bonds is 2. The van der Waals surface area contributed by atoms with Gasteiger partial charge >= 0.3 is 5.97 Å². The Labute approximate surface area is 136 Å². The van der Waals surface area contributed by atoms with Crippen molar-refractivity contribution in [2.45, 2.75) is 0 Å². The molecule has 1 heterocycles. The molecule has 112 valence electrons. The SMILES string of the molecule is COC(=O)c1nc(-c2cc(C#N)cc(Cl)c2N)cc(N)c1Cl. The lowest BCUT2D eigenvalue weighted by molar-refractivity contribution is 0.0594. The van der Waals surface area contributed by atoms with Crippen LogP contribution in [-0.2, 0) is 4.74 Å². The van der Waals surface area contributed by atoms with Crippen molar-refractivity contribution < 1.29 is 9.53 Å². The number of nitrogens with two attached hydrogens (primary N) is 2. The largest absolute Gasteiger partial charge is 0.464 e. The van der Waals surface area contributed by atoms with Gasteiger partial charge in [0.15, 0.2) is 5.69 Å². The minimum Gasteiger partial charge on any atom is -0.464 e. The standard InChI is InChI=1S/C14H10Cl2N4O2/c1-22-14(21)13-11(16)9(18)4-10(20-13)7-2-6(5-17)3-8(15)12(7)19/h2-4H,19H2,1H3,(H2,18,20). The van der Waals surface area contributed by atoms with Crippen molar-refractivity contribution in [2.75, 3.05) is 18.6 Å². The van der Waals surface area contributed by atoms with Gasteiger partial charge in [0.05, 0.1) is 45.9 Å². The summed E-state index contributed by atoms with van der Waals surface area (Å²) in [5.74, 6) is -0.736. The minimum absolute atomic E-state index is 0.0169. The Morgan fingerprint density at radius 2 is 2.00 bits per heavy atom. The Hall–Kier alpha value is -2.49. The number of methoxy groups -OCH3 is 1. The molecule has 8 heteroatoms. The predicted molar refractivity (Wildman–Crippen MR) is 84.6 cm³/mol. The van der Waals surface area contributed by atoms with E-state index in [0.29, 0.717) is 11.1 Å². The molecule has 1 aromatic heterocycles. The highest BCUT2D eigenvalue weighted by atomic mass is 35.5. The van der Waals surface area contributed by atoms with Crippen LogP contribution in [0.4, 0.5) is 11.4 Å². The number of aromatic nitrogens is 1. The number of ether oxygens (including phenoxy) is 1. The average molecular weight is 337 g/mol. The van der Waals surface area contributed by atoms with Crippen molar-refractivity contribution in [3.63, 3.8) is 0 Å². The van der Waals surface area contributed by atoms with Gasteiger partial charge in [-0.15, -0.1) is 0 Å². The molecule has 4 N–H and O–H groups in total. The maximum Gasteiger partial charge on any atom is 0.358 e. The first-order chi connectivity index (χ1) is 10.4. The summed E-state index contributed by atoms with van der Waals surface area (Å²) >= 11 is 12.0. The van der Waals surface area contributed by atoms with Crippen LogP contribution in [0, 0.1) is 11.3 Å². The second kappa shape index (κ2) is 6.10. The molecule has 0 aliphatic carbocycles. The molecule has 6 nitrogen and oxygen atoms in total. The van der Waals surface area contributed by atoms with Crippen LogP contribution in [0.1, 0.15) is 16.1 Å². The predicted octanol–water partition coefficient (Wildman–Crippen LogP) is 2.88. The summed E-state index contributed by atoms with van der Waals surface area (Å²) in [7, 11) is 1.20. The fourth-order valence-electron chi connectivity index (χ4n) is 1.81. The number of carbonyl (C=O) groups is 1. The fraction of sp³-hybridized carbons (Fsp3) is 0.0714. The van der Waals surface area contributed by atoms with Crippen molar-refractivity contribution in [1.82, 2.24) is 4.98 Å². The van der Waals surface area contributed by atoms with Crippen LogP contribution in [0.15, 0.2) is 18.2 Å². The zero-order valence-electron chi connectivity index (χ0n) is 11.4. The lowest BCUT2D eigenvalue weighted by Gasteiger charge is -2.11. The molecule has 0 saturated carbocycles. The highest BCUT2D eigenvalue weighted by Gasteiger charge is 2.19. The summed E-state index contributed by atoms with van der Waals surface area (Å²) in [6.45, 7) is 0. The van der Waals surface area contributed by atoms with Crippen LogP contribution in [0.25, 0.3) is 11.3 Å². The second-order valence-electron chi connectivity index (χ2n) is 4.28. The van der Waals surface area contributed by atoms with E-state index < -0.39 is 5.97 Å². The number of nitrogen functional groups attached to an aromatic ring is 2. The van der Waals surface area contributed by atoms with Gasteiger partial charge in [-0.1, -0.05) is 23.2 Å². The molecule has 0 saturated heterocycles. The van der Waals surface area contributed by atoms with E-state index in [-0.39, 0.29) is 32.8 Å². The highest BCUT2D eigenvalue weighted by molar-refractivity contribution is 6.36. The molecule has 0 amide bonds. The van der Waals surface area contributed by atoms with Gasteiger partial charge in [-0.3, -0.25) is 0 Å². The number of benzene rings is 1. The van der Waals surface area contributed by atoms with Gasteiger partial charge in [-0.25, -0.2) is 9.78 Å². The number of nitrogens with zero attached hydrogens (tertiary/aromatic N) is 2. The molecular weight excluding hydrogens is 327 g/mol. The van der Waals surface area contributed by atoms with E-state index in [0.717, 1.165) is 0 Å². The van der Waals surface area contributed by atoms with Gasteiger partial charge in [-0.05, 0) is 18.2 Å². The van der Waals surface area contributed by atoms with Gasteiger partial charge in [0.2, 0.25) is 0 Å². The first-order valence-electron chi connectivity index (χ1n) is 5.92. The molecule has 2 rings (SSSR count). The van der Waals surface area contributed by atoms with E-state index in [2.05, 4.69) is 9.72 Å². The quantitative estimate of drug-likeness (QED) is 0.643. The van der Waals surface area contributed by atoms with Gasteiger partial charge < -0.3 is 16.2 Å². The third kappa shape index (κ3) is 2.77. The highest BCUT2D eigenvalue weighted by Crippen LogP contribution is 2.35. The van der Waals surface area contributed by atoms with Gasteiger partial charge in [0.1, 0.15) is 0 Å². The average Bonchev–Trinajstić information content (AvgIpc) is 2.51. The molecule has 0 spiro atoms. The number of halogens is 2. The number of hydrogen-bond donors (Lipinski definition) is 2. The van der Waals surface area contributed by atoms with Crippen LogP contribution in [-0.4, -0.2) is 18.1 Å². The van der Waals surface area contributed by atoms with Gasteiger partial charge in [-0.2, -0.15) is 5.26 Å². The summed E-state index contributed by atoms with van der Waals surface area (Å²) in [5.41, 5.74) is 12.8. The number of pyridine rings is 1. The van der Waals surface area contributed by atoms with E-state index in [1.807, 2.05) is 6.07 Å². The third-order valence-corrected chi connectivity index (χ3v) is 3.61. The molecule has 0 aliphatic rings. The van der Waals surface area contributed by atoms with Crippen LogP contribution in [0.5, 0.6) is 0 Å². The summed E-state index contributed by atoms with van der Waals surface area (Å²) in [4.78, 5) is 15.8. The molecule has 0 atom stereocenters. The van der Waals surface area contributed by atoms with E-state index in [1.165, 1.54) is 25.3 Å². The van der Waals surface area contributed by atoms with Crippen LogP contribution in [0.2, 0.25) is 10.0 Å². The van der Waals surface area contributed by atoms with Crippen LogP contribution >= 0.6 is 23.2 Å². The number of nitriles is 1. The van der Waals surface area contributed by atoms with Crippen molar-refractivity contribution in [3.8, 4) is 17.3 Å². The number of anilines is 2. The Kier molecular flexibility index (Phi) is 4.40. The van der Waals surface area contributed by atoms with E-state index in [1.54, 1.807) is 0 Å². The maximum atomic E-state index is 11.7. The number of carbonyl (C=O) groups excluding carboxylic acids is 1. The molecule has 0 unspecified atom stereocenters. The Morgan fingerprint density at radius 3 is 2.59 bits per heavy atom. The Bertz CT molecular complexity index is 815. The molecule has 0 fully saturated rings. The monoisotopic (exact) mass is 336 g/mol. The molecule has 0 radical (unpaired) electrons. The Balaban J connectivity index is 2.74. The molecule has 0 aliphatic heterocycles. The zero-order valence-corrected chi connectivity index (χ0v) is 12.9. The summed E-state index contributed by atoms with van der Waals surface area (Å²) in [6.07, 6.45) is 0. The smallest absolute Gasteiger partial charge is 0.358 e. The molecular formula is C14H10Cl2N4O2. The lowest BCUT2D eigenvalue weighted by Crippen LogP contribution is -2.08. The molecule has 22 heavy (non-hydrogen) atoms. The van der Waals surface area contributed by atoms with E-state index in [9.17, 15) is 4.79 Å². The van der Waals surface area contributed by atoms with Crippen LogP contribution in [0.3, 0.4) is 0 Å². The first kappa shape index (κ1) is 15.9. The fourth-order valence-corrected chi connectivity index (χ4v) is 2.21. The molecule has 2 aromatic rings. The third-order valence-electron chi connectivity index (χ3n) is 2.90. The summed E-state index contributed by atoms with van der Waals surface area (Å²) in [5, 5.41) is 9.20. The molecule has 1 aromatic carbocycles. The van der Waals surface area contributed by atoms with Gasteiger partial charge in [0.25, 0.3) is 0 Å². The number of hydrogen-bond acceptors (Lipinski definition) is 6. The minimum atomic E-state index is -0.736. The molecule has 0 bridgehead atoms. The van der Waals surface area contributed by atoms with Gasteiger partial charge in [0, 0.05) is 5.56 Å². The zero-order chi connectivity index (χ0) is 16.4. The van der Waals surface area contributed by atoms with Crippen molar-refractivity contribution >= 4 is 40.5 Å². The summed E-state index contributed by atoms with van der Waals surface area (Å²) in [6, 6.07) is 6.33. The van der Waals surface area contributed by atoms with Crippen molar-refractivity contribution in [1.29, 1.82) is 5.26 Å². The van der Waals surface area contributed by atoms with E-state index in [4.69, 9.17) is 39.9 Å². The Morgan fingerprint density at radius 1 is 1.32 bits per heavy atom. The maximum absolute atomic E-state index is 11.7. The van der Waals surface area contributed by atoms with Crippen molar-refractivity contribution in [2.24, 2.45) is 0 Å². The van der Waals surface area contributed by atoms with Crippen molar-refractivity contribution in [3.05, 3.63) is 39.5 Å². The topological polar surface area (TPSA) is 115 Å². The second-order valence-corrected chi connectivity index (χ2v) is 5.07. The first-order valence-corrected chi connectivity index (χ1v) is 6.68. The van der Waals surface area contributed by atoms with Crippen LogP contribution < -0.4 is 11.5 Å². The van der Waals surface area contributed by atoms with E-state index >= 15 is 0 Å².